The van der Waals surface area contributed by atoms with Gasteiger partial charge in [-0.15, -0.1) is 0 Å². The van der Waals surface area contributed by atoms with Crippen molar-refractivity contribution < 1.29 is 50.9 Å². The summed E-state index contributed by atoms with van der Waals surface area (Å²) < 4.78 is 65.4. The Bertz CT molecular complexity index is 767. The number of carboxylic acids is 2. The summed E-state index contributed by atoms with van der Waals surface area (Å²) in [5.74, 6) is -5.20. The zero-order valence-electron chi connectivity index (χ0n) is 17.4. The maximum absolute atomic E-state index is 12.4. The zero-order valence-corrected chi connectivity index (χ0v) is 17.4. The Morgan fingerprint density at radius 3 is 1.94 bits per heavy atom. The largest absolute Gasteiger partial charge is 0.490 e. The van der Waals surface area contributed by atoms with E-state index in [0.717, 1.165) is 30.6 Å². The molecule has 1 amide bonds. The molecular formula is C17H24F6N4O5. The third-order valence-electron chi connectivity index (χ3n) is 4.28. The van der Waals surface area contributed by atoms with E-state index in [1.807, 2.05) is 25.6 Å². The molecule has 1 aromatic rings. The summed E-state index contributed by atoms with van der Waals surface area (Å²) in [5.41, 5.74) is 7.57. The summed E-state index contributed by atoms with van der Waals surface area (Å²) in [6, 6.07) is 0.188. The molecule has 184 valence electrons. The van der Waals surface area contributed by atoms with Crippen LogP contribution < -0.4 is 5.73 Å². The van der Waals surface area contributed by atoms with E-state index in [2.05, 4.69) is 5.10 Å². The number of aromatic nitrogens is 2. The lowest BCUT2D eigenvalue weighted by molar-refractivity contribution is -0.193. The van der Waals surface area contributed by atoms with Crippen LogP contribution in [0.5, 0.6) is 0 Å². The first-order valence-electron chi connectivity index (χ1n) is 9.08. The van der Waals surface area contributed by atoms with Gasteiger partial charge in [-0.2, -0.15) is 31.4 Å². The third-order valence-corrected chi connectivity index (χ3v) is 4.28. The number of carbonyl (C=O) groups is 3. The Morgan fingerprint density at radius 1 is 1.16 bits per heavy atom. The molecule has 0 aliphatic carbocycles. The summed E-state index contributed by atoms with van der Waals surface area (Å²) in [4.78, 5) is 32.0. The van der Waals surface area contributed by atoms with Crippen molar-refractivity contribution in [2.45, 2.75) is 57.5 Å². The van der Waals surface area contributed by atoms with Gasteiger partial charge < -0.3 is 20.8 Å². The molecule has 2 heterocycles. The second-order valence-electron chi connectivity index (χ2n) is 6.86. The molecule has 1 aromatic heterocycles. The maximum Gasteiger partial charge on any atom is 0.490 e. The molecule has 0 spiro atoms. The smallest absolute Gasteiger partial charge is 0.475 e. The van der Waals surface area contributed by atoms with E-state index in [1.165, 1.54) is 0 Å². The number of fused-ring (bicyclic) bond motifs is 1. The van der Waals surface area contributed by atoms with Gasteiger partial charge in [0.1, 0.15) is 0 Å². The normalized spacial score (nSPS) is 15.5. The van der Waals surface area contributed by atoms with Crippen molar-refractivity contribution >= 4 is 17.8 Å². The Morgan fingerprint density at radius 2 is 1.59 bits per heavy atom. The third kappa shape index (κ3) is 8.72. The summed E-state index contributed by atoms with van der Waals surface area (Å²) >= 11 is 0. The van der Waals surface area contributed by atoms with Gasteiger partial charge in [0.2, 0.25) is 0 Å². The second kappa shape index (κ2) is 11.7. The molecule has 0 saturated carbocycles. The van der Waals surface area contributed by atoms with E-state index in [-0.39, 0.29) is 17.9 Å². The molecule has 32 heavy (non-hydrogen) atoms. The summed E-state index contributed by atoms with van der Waals surface area (Å²) in [5, 5.41) is 18.6. The van der Waals surface area contributed by atoms with Gasteiger partial charge >= 0.3 is 24.3 Å². The quantitative estimate of drug-likeness (QED) is 0.567. The van der Waals surface area contributed by atoms with E-state index in [1.54, 1.807) is 11.1 Å². The number of aryl methyl sites for hydroxylation is 1. The fourth-order valence-electron chi connectivity index (χ4n) is 2.45. The van der Waals surface area contributed by atoms with Crippen LogP contribution >= 0.6 is 0 Å². The van der Waals surface area contributed by atoms with Crippen LogP contribution in [0.2, 0.25) is 0 Å². The molecule has 0 radical (unpaired) electrons. The van der Waals surface area contributed by atoms with Gasteiger partial charge in [0.05, 0.1) is 17.5 Å². The lowest BCUT2D eigenvalue weighted by Crippen LogP contribution is -2.34. The first-order valence-corrected chi connectivity index (χ1v) is 9.08. The van der Waals surface area contributed by atoms with Crippen molar-refractivity contribution in [2.75, 3.05) is 13.6 Å². The molecule has 2 rings (SSSR count). The van der Waals surface area contributed by atoms with Crippen molar-refractivity contribution in [3.05, 3.63) is 17.5 Å². The summed E-state index contributed by atoms with van der Waals surface area (Å²) in [6.07, 6.45) is -6.33. The van der Waals surface area contributed by atoms with Crippen LogP contribution in [0.25, 0.3) is 0 Å². The number of halogens is 6. The topological polar surface area (TPSA) is 139 Å². The van der Waals surface area contributed by atoms with E-state index < -0.39 is 24.3 Å². The Kier molecular flexibility index (Phi) is 10.6. The van der Waals surface area contributed by atoms with Crippen LogP contribution in [-0.4, -0.2) is 74.7 Å². The van der Waals surface area contributed by atoms with Crippen molar-refractivity contribution in [2.24, 2.45) is 5.73 Å². The average Bonchev–Trinajstić information content (AvgIpc) is 3.10. The van der Waals surface area contributed by atoms with E-state index in [0.29, 0.717) is 6.54 Å². The average molecular weight is 478 g/mol. The molecule has 0 fully saturated rings. The molecule has 1 atom stereocenters. The first kappa shape index (κ1) is 29.2. The van der Waals surface area contributed by atoms with Crippen LogP contribution in [0, 0.1) is 0 Å². The minimum absolute atomic E-state index is 0.0478. The number of aliphatic carboxylic acids is 2. The van der Waals surface area contributed by atoms with Crippen LogP contribution in [0.3, 0.4) is 0 Å². The number of hydrogen-bond donors (Lipinski definition) is 3. The second-order valence-corrected chi connectivity index (χ2v) is 6.86. The fourth-order valence-corrected chi connectivity index (χ4v) is 2.45. The van der Waals surface area contributed by atoms with Gasteiger partial charge in [-0.1, -0.05) is 0 Å². The Labute approximate surface area is 178 Å². The molecule has 1 aliphatic heterocycles. The highest BCUT2D eigenvalue weighted by Crippen LogP contribution is 2.29. The predicted molar refractivity (Wildman–Crippen MR) is 97.9 cm³/mol. The van der Waals surface area contributed by atoms with Gasteiger partial charge in [-0.25, -0.2) is 9.59 Å². The van der Waals surface area contributed by atoms with Gasteiger partial charge in [-0.05, 0) is 26.7 Å². The Hall–Kier alpha value is -2.84. The van der Waals surface area contributed by atoms with Gasteiger partial charge in [-0.3, -0.25) is 9.48 Å². The van der Waals surface area contributed by atoms with Gasteiger partial charge in [0.25, 0.3) is 5.91 Å². The molecule has 4 N–H and O–H groups in total. The van der Waals surface area contributed by atoms with E-state index in [4.69, 9.17) is 25.5 Å². The molecule has 9 nitrogen and oxygen atoms in total. The van der Waals surface area contributed by atoms with Gasteiger partial charge in [0.15, 0.2) is 0 Å². The first-order chi connectivity index (χ1) is 14.4. The zero-order chi connectivity index (χ0) is 25.4. The van der Waals surface area contributed by atoms with E-state index >= 15 is 0 Å². The molecule has 1 unspecified atom stereocenters. The number of nitrogens with zero attached hydrogens (tertiary/aromatic N) is 3. The Balaban J connectivity index is 0.000000570. The number of amides is 1. The highest BCUT2D eigenvalue weighted by Gasteiger charge is 2.38. The molecule has 1 aliphatic rings. The molecule has 15 heteroatoms. The van der Waals surface area contributed by atoms with Crippen LogP contribution in [0.1, 0.15) is 48.7 Å². The standard InChI is InChI=1S/C13H22N4O.2C2HF3O2/c1-9(2)16(3)13(18)11-8-15-17-6-4-5-10(7-14)12(11)17;2*3-2(4,5)1(6)7/h8-10H,4-7,14H2,1-3H3;2*(H,6,7). The number of hydrogen-bond acceptors (Lipinski definition) is 5. The maximum atomic E-state index is 12.4. The molecule has 0 saturated heterocycles. The SMILES string of the molecule is CC(C)N(C)C(=O)c1cnn2c1C(CN)CCC2.O=C(O)C(F)(F)F.O=C(O)C(F)(F)F. The monoisotopic (exact) mass is 478 g/mol. The molecule has 0 aromatic carbocycles. The predicted octanol–water partition coefficient (Wildman–Crippen LogP) is 2.47. The minimum Gasteiger partial charge on any atom is -0.475 e. The van der Waals surface area contributed by atoms with Crippen molar-refractivity contribution in [3.63, 3.8) is 0 Å². The summed E-state index contributed by atoms with van der Waals surface area (Å²) in [6.45, 7) is 5.49. The van der Waals surface area contributed by atoms with E-state index in [9.17, 15) is 31.1 Å². The lowest BCUT2D eigenvalue weighted by Gasteiger charge is -2.26. The lowest BCUT2D eigenvalue weighted by atomic mass is 9.93. The molecular weight excluding hydrogens is 454 g/mol. The number of carboxylic acid groups (broad SMARTS) is 2. The van der Waals surface area contributed by atoms with Crippen LogP contribution in [-0.2, 0) is 16.1 Å². The fraction of sp³-hybridized carbons (Fsp3) is 0.647. The highest BCUT2D eigenvalue weighted by atomic mass is 19.4. The number of rotatable bonds is 3. The van der Waals surface area contributed by atoms with Crippen LogP contribution in [0.15, 0.2) is 6.20 Å². The van der Waals surface area contributed by atoms with Crippen LogP contribution in [0.4, 0.5) is 26.3 Å². The highest BCUT2D eigenvalue weighted by molar-refractivity contribution is 5.95. The number of nitrogens with two attached hydrogens (primary N) is 1. The van der Waals surface area contributed by atoms with Crippen molar-refractivity contribution in [3.8, 4) is 0 Å². The van der Waals surface area contributed by atoms with Gasteiger partial charge in [0, 0.05) is 32.1 Å². The van der Waals surface area contributed by atoms with Crippen molar-refractivity contribution in [1.29, 1.82) is 0 Å². The molecule has 0 bridgehead atoms. The summed E-state index contributed by atoms with van der Waals surface area (Å²) in [7, 11) is 1.83. The number of carbonyl (C=O) groups excluding carboxylic acids is 1. The number of alkyl halides is 6. The van der Waals surface area contributed by atoms with Crippen molar-refractivity contribution in [1.82, 2.24) is 14.7 Å². The minimum atomic E-state index is -5.08.